The summed E-state index contributed by atoms with van der Waals surface area (Å²) in [5, 5.41) is 0. The van der Waals surface area contributed by atoms with E-state index >= 15 is 0 Å². The number of nitrogens with zero attached hydrogens (tertiary/aromatic N) is 1. The molecular formula is C13H19BrN2O2S. The van der Waals surface area contributed by atoms with Crippen molar-refractivity contribution < 1.29 is 9.47 Å². The van der Waals surface area contributed by atoms with E-state index in [1.807, 2.05) is 0 Å². The van der Waals surface area contributed by atoms with Gasteiger partial charge in [-0.3, -0.25) is 4.90 Å². The topological polar surface area (TPSA) is 47.7 Å². The average molecular weight is 347 g/mol. The molecule has 2 aliphatic heterocycles. The number of rotatable bonds is 3. The fourth-order valence-electron chi connectivity index (χ4n) is 2.97. The van der Waals surface area contributed by atoms with Crippen molar-refractivity contribution in [2.75, 3.05) is 32.8 Å². The van der Waals surface area contributed by atoms with Gasteiger partial charge in [0.25, 0.3) is 0 Å². The van der Waals surface area contributed by atoms with E-state index in [9.17, 15) is 0 Å². The van der Waals surface area contributed by atoms with Crippen LogP contribution in [0, 0.1) is 0 Å². The van der Waals surface area contributed by atoms with Crippen LogP contribution >= 0.6 is 27.3 Å². The Morgan fingerprint density at radius 3 is 2.84 bits per heavy atom. The fraction of sp³-hybridized carbons (Fsp3) is 0.692. The minimum atomic E-state index is -0.375. The van der Waals surface area contributed by atoms with Crippen molar-refractivity contribution in [3.63, 3.8) is 0 Å². The first kappa shape index (κ1) is 14.0. The third kappa shape index (κ3) is 2.89. The molecule has 4 nitrogen and oxygen atoms in total. The van der Waals surface area contributed by atoms with Crippen LogP contribution in [0.15, 0.2) is 15.9 Å². The summed E-state index contributed by atoms with van der Waals surface area (Å²) in [6.45, 7) is 3.94. The van der Waals surface area contributed by atoms with E-state index in [2.05, 4.69) is 33.0 Å². The molecule has 2 aliphatic rings. The van der Waals surface area contributed by atoms with Crippen LogP contribution in [0.3, 0.4) is 0 Å². The van der Waals surface area contributed by atoms with Crippen molar-refractivity contribution in [1.82, 2.24) is 4.90 Å². The van der Waals surface area contributed by atoms with Gasteiger partial charge in [0.05, 0.1) is 29.6 Å². The Hall–Kier alpha value is 0.0200. The molecule has 2 saturated heterocycles. The molecule has 6 heteroatoms. The Kier molecular flexibility index (Phi) is 4.26. The van der Waals surface area contributed by atoms with Crippen LogP contribution in [0.25, 0.3) is 0 Å². The molecule has 3 rings (SSSR count). The highest BCUT2D eigenvalue weighted by atomic mass is 79.9. The molecular weight excluding hydrogens is 328 g/mol. The molecule has 0 saturated carbocycles. The summed E-state index contributed by atoms with van der Waals surface area (Å²) in [6.07, 6.45) is 2.10. The molecule has 1 atom stereocenters. The van der Waals surface area contributed by atoms with Gasteiger partial charge in [-0.15, -0.1) is 11.3 Å². The van der Waals surface area contributed by atoms with Gasteiger partial charge in [0.1, 0.15) is 0 Å². The van der Waals surface area contributed by atoms with Gasteiger partial charge in [-0.25, -0.2) is 0 Å². The molecule has 1 unspecified atom stereocenters. The standard InChI is InChI=1S/C13H19BrN2O2S/c14-12-3-2-11(19-12)10(8-15)16-5-1-4-13(9-16)17-6-7-18-13/h2-3,10H,1,4-9,15H2. The third-order valence-electron chi connectivity index (χ3n) is 3.85. The zero-order valence-corrected chi connectivity index (χ0v) is 13.2. The summed E-state index contributed by atoms with van der Waals surface area (Å²) >= 11 is 5.28. The first-order valence-electron chi connectivity index (χ1n) is 6.70. The highest BCUT2D eigenvalue weighted by Gasteiger charge is 2.42. The zero-order valence-electron chi connectivity index (χ0n) is 10.8. The van der Waals surface area contributed by atoms with Crippen molar-refractivity contribution >= 4 is 27.3 Å². The number of halogens is 1. The van der Waals surface area contributed by atoms with Gasteiger partial charge in [0, 0.05) is 17.8 Å². The monoisotopic (exact) mass is 346 g/mol. The maximum atomic E-state index is 6.00. The largest absolute Gasteiger partial charge is 0.346 e. The van der Waals surface area contributed by atoms with Crippen molar-refractivity contribution in [1.29, 1.82) is 0 Å². The van der Waals surface area contributed by atoms with Crippen LogP contribution in [0.5, 0.6) is 0 Å². The molecule has 0 bridgehead atoms. The Bertz CT molecular complexity index is 434. The lowest BCUT2D eigenvalue weighted by atomic mass is 10.0. The Balaban J connectivity index is 1.76. The van der Waals surface area contributed by atoms with Crippen LogP contribution < -0.4 is 5.73 Å². The van der Waals surface area contributed by atoms with E-state index in [1.54, 1.807) is 11.3 Å². The molecule has 0 radical (unpaired) electrons. The predicted octanol–water partition coefficient (Wildman–Crippen LogP) is 2.35. The van der Waals surface area contributed by atoms with Crippen LogP contribution in [0.2, 0.25) is 0 Å². The van der Waals surface area contributed by atoms with E-state index < -0.39 is 0 Å². The minimum absolute atomic E-state index is 0.265. The van der Waals surface area contributed by atoms with E-state index in [1.165, 1.54) is 4.88 Å². The number of thiophene rings is 1. The van der Waals surface area contributed by atoms with E-state index in [0.29, 0.717) is 19.8 Å². The summed E-state index contributed by atoms with van der Waals surface area (Å²) in [5.41, 5.74) is 6.00. The second-order valence-corrected chi connectivity index (χ2v) is 7.57. The lowest BCUT2D eigenvalue weighted by molar-refractivity contribution is -0.193. The SMILES string of the molecule is NCC(c1ccc(Br)s1)N1CCCC2(C1)OCCO2. The highest BCUT2D eigenvalue weighted by Crippen LogP contribution is 2.36. The van der Waals surface area contributed by atoms with Crippen LogP contribution in [-0.4, -0.2) is 43.5 Å². The molecule has 3 heterocycles. The quantitative estimate of drug-likeness (QED) is 0.912. The van der Waals surface area contributed by atoms with Crippen LogP contribution in [0.4, 0.5) is 0 Å². The van der Waals surface area contributed by atoms with Gasteiger partial charge in [0.2, 0.25) is 0 Å². The number of likely N-dealkylation sites (tertiary alicyclic amines) is 1. The van der Waals surface area contributed by atoms with E-state index in [0.717, 1.165) is 29.7 Å². The predicted molar refractivity (Wildman–Crippen MR) is 79.3 cm³/mol. The summed E-state index contributed by atoms with van der Waals surface area (Å²) < 4.78 is 12.8. The molecule has 1 aromatic heterocycles. The molecule has 1 aromatic rings. The maximum absolute atomic E-state index is 6.00. The second kappa shape index (κ2) is 5.79. The third-order valence-corrected chi connectivity index (χ3v) is 5.57. The minimum Gasteiger partial charge on any atom is -0.346 e. The van der Waals surface area contributed by atoms with E-state index in [4.69, 9.17) is 15.2 Å². The average Bonchev–Trinajstić information content (AvgIpc) is 3.01. The van der Waals surface area contributed by atoms with Gasteiger partial charge in [-0.05, 0) is 41.0 Å². The van der Waals surface area contributed by atoms with Crippen molar-refractivity contribution in [2.45, 2.75) is 24.7 Å². The normalized spacial score (nSPS) is 24.9. The summed E-state index contributed by atoms with van der Waals surface area (Å²) in [4.78, 5) is 3.72. The molecule has 0 amide bonds. The van der Waals surface area contributed by atoms with Gasteiger partial charge in [-0.2, -0.15) is 0 Å². The smallest absolute Gasteiger partial charge is 0.181 e. The lowest BCUT2D eigenvalue weighted by Crippen LogP contribution is -2.51. The Morgan fingerprint density at radius 2 is 2.21 bits per heavy atom. The lowest BCUT2D eigenvalue weighted by Gasteiger charge is -2.41. The zero-order chi connectivity index (χ0) is 13.3. The van der Waals surface area contributed by atoms with Crippen molar-refractivity contribution in [3.8, 4) is 0 Å². The highest BCUT2D eigenvalue weighted by molar-refractivity contribution is 9.11. The number of piperidine rings is 1. The van der Waals surface area contributed by atoms with Gasteiger partial charge in [-0.1, -0.05) is 0 Å². The molecule has 2 fully saturated rings. The molecule has 106 valence electrons. The van der Waals surface area contributed by atoms with Crippen LogP contribution in [-0.2, 0) is 9.47 Å². The Labute approximate surface area is 126 Å². The first-order chi connectivity index (χ1) is 9.22. The maximum Gasteiger partial charge on any atom is 0.181 e. The Morgan fingerprint density at radius 1 is 1.42 bits per heavy atom. The molecule has 19 heavy (non-hydrogen) atoms. The fourth-order valence-corrected chi connectivity index (χ4v) is 4.54. The molecule has 2 N–H and O–H groups in total. The van der Waals surface area contributed by atoms with Crippen LogP contribution in [0.1, 0.15) is 23.8 Å². The van der Waals surface area contributed by atoms with Crippen molar-refractivity contribution in [2.24, 2.45) is 5.73 Å². The number of ether oxygens (including phenoxy) is 2. The molecule has 1 spiro atoms. The number of hydrogen-bond acceptors (Lipinski definition) is 5. The van der Waals surface area contributed by atoms with Gasteiger partial charge < -0.3 is 15.2 Å². The molecule has 0 aliphatic carbocycles. The second-order valence-electron chi connectivity index (χ2n) is 5.08. The summed E-state index contributed by atoms with van der Waals surface area (Å²) in [5.74, 6) is -0.375. The van der Waals surface area contributed by atoms with E-state index in [-0.39, 0.29) is 11.8 Å². The summed E-state index contributed by atoms with van der Waals surface area (Å²) in [7, 11) is 0. The van der Waals surface area contributed by atoms with Crippen molar-refractivity contribution in [3.05, 3.63) is 20.8 Å². The summed E-state index contributed by atoms with van der Waals surface area (Å²) in [6, 6.07) is 4.51. The number of hydrogen-bond donors (Lipinski definition) is 1. The van der Waals surface area contributed by atoms with Gasteiger partial charge >= 0.3 is 0 Å². The number of nitrogens with two attached hydrogens (primary N) is 1. The first-order valence-corrected chi connectivity index (χ1v) is 8.31. The van der Waals surface area contributed by atoms with Gasteiger partial charge in [0.15, 0.2) is 5.79 Å². The molecule has 0 aromatic carbocycles.